The Balaban J connectivity index is 1.62. The SMILES string of the molecule is CCC1CNCCN1Cc1ccn(C2CCCC2)n1. The van der Waals surface area contributed by atoms with Gasteiger partial charge in [-0.05, 0) is 25.3 Å². The van der Waals surface area contributed by atoms with Crippen LogP contribution in [0, 0.1) is 0 Å². The highest BCUT2D eigenvalue weighted by Crippen LogP contribution is 2.28. The molecule has 3 rings (SSSR count). The zero-order valence-electron chi connectivity index (χ0n) is 12.0. The number of rotatable bonds is 4. The van der Waals surface area contributed by atoms with E-state index in [1.165, 1.54) is 37.8 Å². The van der Waals surface area contributed by atoms with Crippen LogP contribution in [0.25, 0.3) is 0 Å². The maximum absolute atomic E-state index is 4.81. The van der Waals surface area contributed by atoms with Crippen LogP contribution in [-0.2, 0) is 6.54 Å². The Labute approximate surface area is 116 Å². The fourth-order valence-corrected chi connectivity index (χ4v) is 3.46. The van der Waals surface area contributed by atoms with Crippen molar-refractivity contribution in [2.24, 2.45) is 0 Å². The summed E-state index contributed by atoms with van der Waals surface area (Å²) in [6.07, 6.45) is 8.77. The van der Waals surface area contributed by atoms with Crippen LogP contribution in [0.3, 0.4) is 0 Å². The predicted octanol–water partition coefficient (Wildman–Crippen LogP) is 2.18. The van der Waals surface area contributed by atoms with Gasteiger partial charge in [-0.25, -0.2) is 0 Å². The molecule has 19 heavy (non-hydrogen) atoms. The van der Waals surface area contributed by atoms with E-state index < -0.39 is 0 Å². The zero-order valence-corrected chi connectivity index (χ0v) is 12.0. The minimum atomic E-state index is 0.666. The van der Waals surface area contributed by atoms with Gasteiger partial charge in [-0.2, -0.15) is 5.10 Å². The molecule has 1 unspecified atom stereocenters. The third-order valence-corrected chi connectivity index (χ3v) is 4.67. The second-order valence-corrected chi connectivity index (χ2v) is 5.96. The maximum Gasteiger partial charge on any atom is 0.0765 e. The topological polar surface area (TPSA) is 33.1 Å². The molecule has 2 aliphatic rings. The highest BCUT2D eigenvalue weighted by molar-refractivity contribution is 5.01. The second-order valence-electron chi connectivity index (χ2n) is 5.96. The molecule has 2 heterocycles. The highest BCUT2D eigenvalue weighted by Gasteiger charge is 2.22. The van der Waals surface area contributed by atoms with Gasteiger partial charge in [-0.15, -0.1) is 0 Å². The molecule has 0 radical (unpaired) electrons. The number of aromatic nitrogens is 2. The normalized spacial score (nSPS) is 26.1. The lowest BCUT2D eigenvalue weighted by Crippen LogP contribution is -2.50. The smallest absolute Gasteiger partial charge is 0.0765 e. The van der Waals surface area contributed by atoms with Crippen LogP contribution >= 0.6 is 0 Å². The van der Waals surface area contributed by atoms with Crippen LogP contribution in [-0.4, -0.2) is 40.4 Å². The summed E-state index contributed by atoms with van der Waals surface area (Å²) in [5, 5.41) is 8.29. The van der Waals surface area contributed by atoms with Gasteiger partial charge in [0.2, 0.25) is 0 Å². The van der Waals surface area contributed by atoms with Gasteiger partial charge in [0.05, 0.1) is 11.7 Å². The first-order valence-corrected chi connectivity index (χ1v) is 7.85. The molecule has 0 amide bonds. The average molecular weight is 262 g/mol. The fraction of sp³-hybridized carbons (Fsp3) is 0.800. The van der Waals surface area contributed by atoms with Crippen molar-refractivity contribution in [3.05, 3.63) is 18.0 Å². The standard InChI is InChI=1S/C15H26N4/c1-2-14-11-16-8-10-18(14)12-13-7-9-19(17-13)15-5-3-4-6-15/h7,9,14-16H,2-6,8,10-12H2,1H3. The summed E-state index contributed by atoms with van der Waals surface area (Å²) in [4.78, 5) is 2.58. The van der Waals surface area contributed by atoms with Crippen molar-refractivity contribution in [1.82, 2.24) is 20.0 Å². The molecule has 1 N–H and O–H groups in total. The Morgan fingerprint density at radius 3 is 3.00 bits per heavy atom. The van der Waals surface area contributed by atoms with E-state index in [-0.39, 0.29) is 0 Å². The van der Waals surface area contributed by atoms with Crippen LogP contribution in [0.2, 0.25) is 0 Å². The quantitative estimate of drug-likeness (QED) is 0.903. The molecule has 1 atom stereocenters. The van der Waals surface area contributed by atoms with Crippen molar-refractivity contribution in [2.45, 2.75) is 57.7 Å². The van der Waals surface area contributed by atoms with Crippen molar-refractivity contribution in [2.75, 3.05) is 19.6 Å². The van der Waals surface area contributed by atoms with Crippen LogP contribution < -0.4 is 5.32 Å². The van der Waals surface area contributed by atoms with Crippen LogP contribution in [0.15, 0.2) is 12.3 Å². The Bertz CT molecular complexity index is 395. The summed E-state index contributed by atoms with van der Waals surface area (Å²) in [5.74, 6) is 0. The molecular weight excluding hydrogens is 236 g/mol. The lowest BCUT2D eigenvalue weighted by atomic mass is 10.1. The number of piperazine rings is 1. The highest BCUT2D eigenvalue weighted by atomic mass is 15.3. The van der Waals surface area contributed by atoms with Crippen LogP contribution in [0.4, 0.5) is 0 Å². The number of hydrogen-bond donors (Lipinski definition) is 1. The van der Waals surface area contributed by atoms with E-state index in [2.05, 4.69) is 34.1 Å². The number of nitrogens with one attached hydrogen (secondary N) is 1. The molecule has 1 aliphatic carbocycles. The molecule has 1 aliphatic heterocycles. The molecule has 1 aromatic rings. The summed E-state index contributed by atoms with van der Waals surface area (Å²) in [7, 11) is 0. The summed E-state index contributed by atoms with van der Waals surface area (Å²) in [6, 6.07) is 3.55. The summed E-state index contributed by atoms with van der Waals surface area (Å²) < 4.78 is 2.21. The Hall–Kier alpha value is -0.870. The summed E-state index contributed by atoms with van der Waals surface area (Å²) in [5.41, 5.74) is 1.24. The lowest BCUT2D eigenvalue weighted by molar-refractivity contribution is 0.147. The molecular formula is C15H26N4. The molecule has 0 bridgehead atoms. The van der Waals surface area contributed by atoms with Gasteiger partial charge >= 0.3 is 0 Å². The third kappa shape index (κ3) is 3.00. The summed E-state index contributed by atoms with van der Waals surface area (Å²) >= 11 is 0. The van der Waals surface area contributed by atoms with E-state index in [0.717, 1.165) is 26.2 Å². The van der Waals surface area contributed by atoms with Gasteiger partial charge in [0.25, 0.3) is 0 Å². The van der Waals surface area contributed by atoms with Gasteiger partial charge < -0.3 is 5.32 Å². The van der Waals surface area contributed by atoms with Gasteiger partial charge in [-0.1, -0.05) is 19.8 Å². The largest absolute Gasteiger partial charge is 0.314 e. The van der Waals surface area contributed by atoms with Crippen molar-refractivity contribution in [3.63, 3.8) is 0 Å². The first-order valence-electron chi connectivity index (χ1n) is 7.85. The first-order chi connectivity index (χ1) is 9.36. The molecule has 2 fully saturated rings. The minimum Gasteiger partial charge on any atom is -0.314 e. The average Bonchev–Trinajstić information content (AvgIpc) is 3.09. The molecule has 1 saturated heterocycles. The lowest BCUT2D eigenvalue weighted by Gasteiger charge is -2.35. The number of hydrogen-bond acceptors (Lipinski definition) is 3. The van der Waals surface area contributed by atoms with Crippen molar-refractivity contribution in [3.8, 4) is 0 Å². The Morgan fingerprint density at radius 1 is 1.37 bits per heavy atom. The molecule has 106 valence electrons. The van der Waals surface area contributed by atoms with Gasteiger partial charge in [0, 0.05) is 38.4 Å². The van der Waals surface area contributed by atoms with Gasteiger partial charge in [0.1, 0.15) is 0 Å². The van der Waals surface area contributed by atoms with Crippen molar-refractivity contribution >= 4 is 0 Å². The molecule has 4 nitrogen and oxygen atoms in total. The van der Waals surface area contributed by atoms with E-state index in [0.29, 0.717) is 12.1 Å². The fourth-order valence-electron chi connectivity index (χ4n) is 3.46. The molecule has 1 saturated carbocycles. The third-order valence-electron chi connectivity index (χ3n) is 4.67. The van der Waals surface area contributed by atoms with Gasteiger partial charge in [0.15, 0.2) is 0 Å². The zero-order chi connectivity index (χ0) is 13.1. The molecule has 0 spiro atoms. The van der Waals surface area contributed by atoms with Crippen LogP contribution in [0.5, 0.6) is 0 Å². The predicted molar refractivity (Wildman–Crippen MR) is 77.1 cm³/mol. The Morgan fingerprint density at radius 2 is 2.21 bits per heavy atom. The summed E-state index contributed by atoms with van der Waals surface area (Å²) in [6.45, 7) is 6.68. The monoisotopic (exact) mass is 262 g/mol. The second kappa shape index (κ2) is 6.06. The van der Waals surface area contributed by atoms with Crippen molar-refractivity contribution < 1.29 is 0 Å². The first kappa shape index (κ1) is 13.1. The van der Waals surface area contributed by atoms with Crippen molar-refractivity contribution in [1.29, 1.82) is 0 Å². The number of nitrogens with zero attached hydrogens (tertiary/aromatic N) is 3. The molecule has 4 heteroatoms. The van der Waals surface area contributed by atoms with Crippen LogP contribution in [0.1, 0.15) is 50.8 Å². The molecule has 0 aromatic carbocycles. The van der Waals surface area contributed by atoms with E-state index in [1.807, 2.05) is 0 Å². The van der Waals surface area contributed by atoms with E-state index in [1.54, 1.807) is 0 Å². The van der Waals surface area contributed by atoms with E-state index >= 15 is 0 Å². The molecule has 1 aromatic heterocycles. The van der Waals surface area contributed by atoms with Gasteiger partial charge in [-0.3, -0.25) is 9.58 Å². The maximum atomic E-state index is 4.81. The Kier molecular flexibility index (Phi) is 4.18. The minimum absolute atomic E-state index is 0.666. The van der Waals surface area contributed by atoms with E-state index in [9.17, 15) is 0 Å². The van der Waals surface area contributed by atoms with E-state index in [4.69, 9.17) is 5.10 Å².